The van der Waals surface area contributed by atoms with Crippen LogP contribution in [0.2, 0.25) is 0 Å². The molecule has 1 unspecified atom stereocenters. The molecule has 0 saturated carbocycles. The summed E-state index contributed by atoms with van der Waals surface area (Å²) >= 11 is 0. The van der Waals surface area contributed by atoms with Crippen molar-refractivity contribution in [3.63, 3.8) is 0 Å². The second kappa shape index (κ2) is 5.81. The Morgan fingerprint density at radius 1 is 1.43 bits per heavy atom. The van der Waals surface area contributed by atoms with Crippen molar-refractivity contribution < 1.29 is 33.8 Å². The Hall–Kier alpha value is -1.33. The van der Waals surface area contributed by atoms with Crippen LogP contribution in [0.1, 0.15) is 6.23 Å². The van der Waals surface area contributed by atoms with Gasteiger partial charge in [0.2, 0.25) is 0 Å². The Kier molecular flexibility index (Phi) is 4.44. The first-order valence-electron chi connectivity index (χ1n) is 5.73. The second-order valence-electron chi connectivity index (χ2n) is 4.32. The van der Waals surface area contributed by atoms with Gasteiger partial charge in [-0.05, 0) is 0 Å². The molecular weight excluding hydrogens is 311 g/mol. The number of nitrogens with zero attached hydrogens (tertiary/aromatic N) is 1. The standard InChI is InChI=1S/C9H13N2O9P/c12-3-4-7(20-21(16,17)18)6(14)8(19-4)11-2-1-5(13)10-9(11)15/h1-2,4,6-8,12,14H,3H2,(H,10,13,15)(H2,16,17,18)/t4-,6?,7+,8-/m1/s1. The molecule has 1 aliphatic heterocycles. The van der Waals surface area contributed by atoms with E-state index in [1.54, 1.807) is 0 Å². The van der Waals surface area contributed by atoms with Crippen LogP contribution in [0, 0.1) is 0 Å². The van der Waals surface area contributed by atoms with Gasteiger partial charge < -0.3 is 24.7 Å². The van der Waals surface area contributed by atoms with Crippen LogP contribution in [0.5, 0.6) is 0 Å². The first-order chi connectivity index (χ1) is 9.73. The number of aromatic nitrogens is 2. The summed E-state index contributed by atoms with van der Waals surface area (Å²) in [5.74, 6) is 0. The van der Waals surface area contributed by atoms with Crippen molar-refractivity contribution in [2.45, 2.75) is 24.5 Å². The van der Waals surface area contributed by atoms with Gasteiger partial charge in [-0.15, -0.1) is 0 Å². The zero-order valence-electron chi connectivity index (χ0n) is 10.4. The molecule has 0 spiro atoms. The molecule has 2 heterocycles. The van der Waals surface area contributed by atoms with E-state index >= 15 is 0 Å². The van der Waals surface area contributed by atoms with Crippen LogP contribution in [-0.4, -0.2) is 54.5 Å². The van der Waals surface area contributed by atoms with Crippen LogP contribution < -0.4 is 11.2 Å². The van der Waals surface area contributed by atoms with Gasteiger partial charge in [0.1, 0.15) is 18.3 Å². The first kappa shape index (κ1) is 16.0. The summed E-state index contributed by atoms with van der Waals surface area (Å²) in [5.41, 5.74) is -1.55. The molecular formula is C9H13N2O9P. The summed E-state index contributed by atoms with van der Waals surface area (Å²) in [6, 6.07) is 1.00. The number of H-pyrrole nitrogens is 1. The highest BCUT2D eigenvalue weighted by molar-refractivity contribution is 7.46. The molecule has 0 radical (unpaired) electrons. The smallest absolute Gasteiger partial charge is 0.394 e. The van der Waals surface area contributed by atoms with Gasteiger partial charge >= 0.3 is 13.5 Å². The molecule has 4 atom stereocenters. The molecule has 0 aromatic carbocycles. The van der Waals surface area contributed by atoms with Crippen LogP contribution in [0.25, 0.3) is 0 Å². The van der Waals surface area contributed by atoms with Gasteiger partial charge in [-0.3, -0.25) is 18.9 Å². The molecule has 0 aliphatic carbocycles. The highest BCUT2D eigenvalue weighted by atomic mass is 31.2. The van der Waals surface area contributed by atoms with Crippen LogP contribution in [0.3, 0.4) is 0 Å². The van der Waals surface area contributed by atoms with E-state index in [0.29, 0.717) is 0 Å². The molecule has 1 aromatic heterocycles. The van der Waals surface area contributed by atoms with Crippen molar-refractivity contribution in [1.29, 1.82) is 0 Å². The number of ether oxygens (including phenoxy) is 1. The third kappa shape index (κ3) is 3.47. The van der Waals surface area contributed by atoms with Crippen LogP contribution in [0.15, 0.2) is 21.9 Å². The van der Waals surface area contributed by atoms with Crippen molar-refractivity contribution >= 4 is 7.82 Å². The van der Waals surface area contributed by atoms with E-state index in [4.69, 9.17) is 19.6 Å². The van der Waals surface area contributed by atoms with Gasteiger partial charge in [0.15, 0.2) is 6.23 Å². The fourth-order valence-electron chi connectivity index (χ4n) is 2.01. The molecule has 21 heavy (non-hydrogen) atoms. The topological polar surface area (TPSA) is 171 Å². The number of aliphatic hydroxyl groups excluding tert-OH is 2. The normalized spacial score (nSPS) is 29.7. The number of hydrogen-bond acceptors (Lipinski definition) is 7. The number of aromatic amines is 1. The van der Waals surface area contributed by atoms with E-state index < -0.39 is 50.2 Å². The van der Waals surface area contributed by atoms with Crippen LogP contribution in [-0.2, 0) is 13.8 Å². The van der Waals surface area contributed by atoms with Gasteiger partial charge in [-0.25, -0.2) is 9.36 Å². The molecule has 1 aliphatic rings. The van der Waals surface area contributed by atoms with Gasteiger partial charge in [0.25, 0.3) is 5.56 Å². The summed E-state index contributed by atoms with van der Waals surface area (Å²) in [5, 5.41) is 19.1. The molecule has 1 fully saturated rings. The van der Waals surface area contributed by atoms with E-state index in [1.807, 2.05) is 4.98 Å². The zero-order valence-corrected chi connectivity index (χ0v) is 11.3. The Labute approximate surface area is 116 Å². The summed E-state index contributed by atoms with van der Waals surface area (Å²) in [7, 11) is -4.94. The maximum absolute atomic E-state index is 11.6. The lowest BCUT2D eigenvalue weighted by Crippen LogP contribution is -2.38. The summed E-state index contributed by atoms with van der Waals surface area (Å²) in [6.07, 6.45) is -4.76. The van der Waals surface area contributed by atoms with Crippen molar-refractivity contribution in [3.05, 3.63) is 33.1 Å². The van der Waals surface area contributed by atoms with Gasteiger partial charge in [0, 0.05) is 12.3 Å². The Balaban J connectivity index is 2.33. The number of nitrogens with one attached hydrogen (secondary N) is 1. The number of phosphoric acid groups is 1. The highest BCUT2D eigenvalue weighted by Gasteiger charge is 2.48. The van der Waals surface area contributed by atoms with Crippen LogP contribution in [0.4, 0.5) is 0 Å². The predicted octanol–water partition coefficient (Wildman–Crippen LogP) is -2.73. The number of rotatable bonds is 4. The minimum Gasteiger partial charge on any atom is -0.394 e. The zero-order chi connectivity index (χ0) is 15.8. The third-order valence-corrected chi connectivity index (χ3v) is 3.39. The fraction of sp³-hybridized carbons (Fsp3) is 0.556. The molecule has 0 bridgehead atoms. The lowest BCUT2D eigenvalue weighted by Gasteiger charge is -2.20. The lowest BCUT2D eigenvalue weighted by molar-refractivity contribution is -0.0549. The molecule has 2 rings (SSSR count). The van der Waals surface area contributed by atoms with Crippen molar-refractivity contribution in [1.82, 2.24) is 9.55 Å². The largest absolute Gasteiger partial charge is 0.470 e. The lowest BCUT2D eigenvalue weighted by atomic mass is 10.1. The minimum atomic E-state index is -4.94. The maximum Gasteiger partial charge on any atom is 0.470 e. The van der Waals surface area contributed by atoms with Gasteiger partial charge in [0.05, 0.1) is 6.61 Å². The van der Waals surface area contributed by atoms with Gasteiger partial charge in [-0.2, -0.15) is 0 Å². The SMILES string of the molecule is O=c1ccn([C@@H]2O[C@H](CO)[C@H](OP(=O)(O)O)C2O)c(=O)[nH]1. The van der Waals surface area contributed by atoms with E-state index in [0.717, 1.165) is 16.8 Å². The highest BCUT2D eigenvalue weighted by Crippen LogP contribution is 2.43. The molecule has 5 N–H and O–H groups in total. The summed E-state index contributed by atoms with van der Waals surface area (Å²) in [6.45, 7) is -0.698. The second-order valence-corrected chi connectivity index (χ2v) is 5.51. The molecule has 0 amide bonds. The average Bonchev–Trinajstić information content (AvgIpc) is 2.65. The fourth-order valence-corrected chi connectivity index (χ4v) is 2.59. The van der Waals surface area contributed by atoms with Crippen molar-refractivity contribution in [2.24, 2.45) is 0 Å². The van der Waals surface area contributed by atoms with Crippen molar-refractivity contribution in [2.75, 3.05) is 6.61 Å². The minimum absolute atomic E-state index is 0.662. The quantitative estimate of drug-likeness (QED) is 0.368. The average molecular weight is 324 g/mol. The van der Waals surface area contributed by atoms with E-state index in [2.05, 4.69) is 4.52 Å². The van der Waals surface area contributed by atoms with Gasteiger partial charge in [-0.1, -0.05) is 0 Å². The van der Waals surface area contributed by atoms with Crippen molar-refractivity contribution in [3.8, 4) is 0 Å². The van der Waals surface area contributed by atoms with Crippen LogP contribution >= 0.6 is 7.82 Å². The number of hydrogen-bond donors (Lipinski definition) is 5. The van der Waals surface area contributed by atoms with E-state index in [1.165, 1.54) is 0 Å². The molecule has 12 heteroatoms. The van der Waals surface area contributed by atoms with E-state index in [9.17, 15) is 19.3 Å². The molecule has 1 saturated heterocycles. The maximum atomic E-state index is 11.6. The summed E-state index contributed by atoms with van der Waals surface area (Å²) < 4.78 is 21.2. The third-order valence-electron chi connectivity index (χ3n) is 2.87. The van der Waals surface area contributed by atoms with E-state index in [-0.39, 0.29) is 0 Å². The Bertz CT molecular complexity index is 664. The molecule has 11 nitrogen and oxygen atoms in total. The Morgan fingerprint density at radius 2 is 2.10 bits per heavy atom. The number of phosphoric ester groups is 1. The molecule has 1 aromatic rings. The molecule has 118 valence electrons. The summed E-state index contributed by atoms with van der Waals surface area (Å²) in [4.78, 5) is 42.1. The first-order valence-corrected chi connectivity index (χ1v) is 7.26. The number of aliphatic hydroxyl groups is 2. The predicted molar refractivity (Wildman–Crippen MR) is 65.2 cm³/mol. The Morgan fingerprint density at radius 3 is 2.62 bits per heavy atom. The monoisotopic (exact) mass is 324 g/mol.